The van der Waals surface area contributed by atoms with Crippen LogP contribution in [-0.2, 0) is 10.0 Å². The van der Waals surface area contributed by atoms with Crippen molar-refractivity contribution >= 4 is 21.5 Å². The summed E-state index contributed by atoms with van der Waals surface area (Å²) in [6.45, 7) is 0. The highest BCUT2D eigenvalue weighted by Crippen LogP contribution is 2.22. The van der Waals surface area contributed by atoms with Crippen LogP contribution < -0.4 is 4.72 Å². The maximum atomic E-state index is 13.6. The predicted octanol–water partition coefficient (Wildman–Crippen LogP) is 1.26. The van der Waals surface area contributed by atoms with E-state index in [1.54, 1.807) is 0 Å². The van der Waals surface area contributed by atoms with Crippen LogP contribution in [0.4, 0.5) is 15.9 Å². The molecule has 0 atom stereocenters. The lowest BCUT2D eigenvalue weighted by atomic mass is 10.3. The minimum absolute atomic E-state index is 0.0535. The molecule has 0 saturated carbocycles. The van der Waals surface area contributed by atoms with Crippen molar-refractivity contribution in [2.24, 2.45) is 0 Å². The zero-order valence-electron chi connectivity index (χ0n) is 9.20. The highest BCUT2D eigenvalue weighted by Gasteiger charge is 2.22. The van der Waals surface area contributed by atoms with Gasteiger partial charge < -0.3 is 0 Å². The molecule has 1 heterocycles. The number of anilines is 1. The quantitative estimate of drug-likeness (QED) is 0.648. The van der Waals surface area contributed by atoms with Gasteiger partial charge in [0.15, 0.2) is 5.82 Å². The van der Waals surface area contributed by atoms with Gasteiger partial charge in [-0.15, -0.1) is 0 Å². The molecule has 0 unspecified atom stereocenters. The van der Waals surface area contributed by atoms with Crippen molar-refractivity contribution in [1.29, 1.82) is 0 Å². The molecule has 0 bridgehead atoms. The van der Waals surface area contributed by atoms with Crippen LogP contribution in [0.15, 0.2) is 35.4 Å². The van der Waals surface area contributed by atoms with Crippen molar-refractivity contribution in [3.8, 4) is 0 Å². The van der Waals surface area contributed by atoms with Crippen molar-refractivity contribution < 1.29 is 17.7 Å². The van der Waals surface area contributed by atoms with Crippen molar-refractivity contribution in [2.75, 3.05) is 4.72 Å². The molecule has 2 N–H and O–H groups in total. The Balaban J connectivity index is 2.38. The van der Waals surface area contributed by atoms with Gasteiger partial charge in [0, 0.05) is 12.1 Å². The molecule has 0 amide bonds. The molecular formula is C9H7FN4O4S. The number of H-pyrrole nitrogens is 1. The summed E-state index contributed by atoms with van der Waals surface area (Å²) in [5.74, 6) is -1.15. The summed E-state index contributed by atoms with van der Waals surface area (Å²) in [5.41, 5.74) is -0.530. The maximum Gasteiger partial charge on any atom is 0.272 e. The van der Waals surface area contributed by atoms with E-state index in [9.17, 15) is 22.9 Å². The average Bonchev–Trinajstić information content (AvgIpc) is 2.80. The Kier molecular flexibility index (Phi) is 3.17. The van der Waals surface area contributed by atoms with Crippen LogP contribution in [0.5, 0.6) is 0 Å². The Morgan fingerprint density at radius 2 is 2.11 bits per heavy atom. The van der Waals surface area contributed by atoms with Gasteiger partial charge in [-0.1, -0.05) is 0 Å². The zero-order valence-corrected chi connectivity index (χ0v) is 10.0. The molecule has 2 aromatic rings. The zero-order chi connectivity index (χ0) is 14.0. The number of non-ortho nitro benzene ring substituents is 1. The Morgan fingerprint density at radius 1 is 1.37 bits per heavy atom. The number of sulfonamides is 1. The minimum atomic E-state index is -4.18. The van der Waals surface area contributed by atoms with Gasteiger partial charge >= 0.3 is 0 Å². The first-order valence-corrected chi connectivity index (χ1v) is 6.34. The normalized spacial score (nSPS) is 11.2. The van der Waals surface area contributed by atoms with E-state index in [1.807, 2.05) is 4.72 Å². The fraction of sp³-hybridized carbons (Fsp3) is 0. The van der Waals surface area contributed by atoms with Crippen molar-refractivity contribution in [1.82, 2.24) is 10.2 Å². The number of aromatic nitrogens is 2. The highest BCUT2D eigenvalue weighted by molar-refractivity contribution is 7.92. The molecule has 0 aliphatic rings. The van der Waals surface area contributed by atoms with Crippen LogP contribution in [0, 0.1) is 15.9 Å². The van der Waals surface area contributed by atoms with Crippen LogP contribution >= 0.6 is 0 Å². The van der Waals surface area contributed by atoms with E-state index in [4.69, 9.17) is 0 Å². The molecular weight excluding hydrogens is 279 g/mol. The summed E-state index contributed by atoms with van der Waals surface area (Å²) in [5, 5.41) is 16.3. The van der Waals surface area contributed by atoms with E-state index in [1.165, 1.54) is 12.3 Å². The molecule has 0 saturated heterocycles. The Bertz CT molecular complexity index is 714. The van der Waals surface area contributed by atoms with E-state index in [0.717, 1.165) is 12.1 Å². The van der Waals surface area contributed by atoms with Crippen LogP contribution in [0.2, 0.25) is 0 Å². The van der Waals surface area contributed by atoms with E-state index in [-0.39, 0.29) is 5.82 Å². The second-order valence-corrected chi connectivity index (χ2v) is 5.10. The number of halogens is 1. The van der Waals surface area contributed by atoms with Gasteiger partial charge in [-0.05, 0) is 6.07 Å². The monoisotopic (exact) mass is 286 g/mol. The molecule has 0 aliphatic carbocycles. The van der Waals surface area contributed by atoms with Crippen LogP contribution in [0.3, 0.4) is 0 Å². The topological polar surface area (TPSA) is 118 Å². The van der Waals surface area contributed by atoms with Gasteiger partial charge in [0.25, 0.3) is 15.7 Å². The second-order valence-electron chi connectivity index (χ2n) is 3.45. The summed E-state index contributed by atoms with van der Waals surface area (Å²) >= 11 is 0. The smallest absolute Gasteiger partial charge is 0.264 e. The minimum Gasteiger partial charge on any atom is -0.264 e. The fourth-order valence-electron chi connectivity index (χ4n) is 1.33. The third-order valence-electron chi connectivity index (χ3n) is 2.16. The molecule has 0 aliphatic heterocycles. The first-order valence-electron chi connectivity index (χ1n) is 4.86. The Hall–Kier alpha value is -2.49. The number of hydrogen-bond acceptors (Lipinski definition) is 5. The maximum absolute atomic E-state index is 13.6. The molecule has 100 valence electrons. The molecule has 0 spiro atoms. The van der Waals surface area contributed by atoms with E-state index < -0.39 is 31.3 Å². The molecule has 1 aromatic heterocycles. The summed E-state index contributed by atoms with van der Waals surface area (Å²) in [6.07, 6.45) is 1.31. The van der Waals surface area contributed by atoms with Gasteiger partial charge in [-0.2, -0.15) is 5.10 Å². The van der Waals surface area contributed by atoms with Gasteiger partial charge in [0.2, 0.25) is 0 Å². The average molecular weight is 286 g/mol. The molecule has 1 aromatic carbocycles. The number of aromatic amines is 1. The highest BCUT2D eigenvalue weighted by atomic mass is 32.2. The van der Waals surface area contributed by atoms with Gasteiger partial charge in [0.05, 0.1) is 17.2 Å². The van der Waals surface area contributed by atoms with Gasteiger partial charge in [0.1, 0.15) is 10.7 Å². The predicted molar refractivity (Wildman–Crippen MR) is 62.5 cm³/mol. The molecule has 0 radical (unpaired) electrons. The molecule has 2 rings (SSSR count). The number of nitro groups is 1. The third kappa shape index (κ3) is 2.68. The SMILES string of the molecule is O=[N+]([O-])c1ccc(S(=O)(=O)Nc2ccn[nH]2)c(F)c1. The third-order valence-corrected chi connectivity index (χ3v) is 3.56. The number of benzene rings is 1. The van der Waals surface area contributed by atoms with Crippen LogP contribution in [-0.4, -0.2) is 23.5 Å². The lowest BCUT2D eigenvalue weighted by molar-refractivity contribution is -0.385. The summed E-state index contributed by atoms with van der Waals surface area (Å²) in [6, 6.07) is 3.61. The molecule has 0 fully saturated rings. The summed E-state index contributed by atoms with van der Waals surface area (Å²) in [4.78, 5) is 8.93. The lowest BCUT2D eigenvalue weighted by Crippen LogP contribution is -2.15. The number of hydrogen-bond donors (Lipinski definition) is 2. The summed E-state index contributed by atoms with van der Waals surface area (Å²) in [7, 11) is -4.18. The number of nitrogens with zero attached hydrogens (tertiary/aromatic N) is 2. The van der Waals surface area contributed by atoms with E-state index in [2.05, 4.69) is 10.2 Å². The lowest BCUT2D eigenvalue weighted by Gasteiger charge is -2.06. The van der Waals surface area contributed by atoms with Gasteiger partial charge in [-0.25, -0.2) is 12.8 Å². The first-order chi connectivity index (χ1) is 8.90. The van der Waals surface area contributed by atoms with Crippen LogP contribution in [0.25, 0.3) is 0 Å². The van der Waals surface area contributed by atoms with Crippen molar-refractivity contribution in [3.63, 3.8) is 0 Å². The molecule has 8 nitrogen and oxygen atoms in total. The second kappa shape index (κ2) is 4.65. The number of nitrogens with one attached hydrogen (secondary N) is 2. The molecule has 19 heavy (non-hydrogen) atoms. The van der Waals surface area contributed by atoms with E-state index in [0.29, 0.717) is 6.07 Å². The van der Waals surface area contributed by atoms with Crippen molar-refractivity contribution in [2.45, 2.75) is 4.90 Å². The fourth-order valence-corrected chi connectivity index (χ4v) is 2.41. The van der Waals surface area contributed by atoms with Crippen LogP contribution in [0.1, 0.15) is 0 Å². The number of rotatable bonds is 4. The summed E-state index contributed by atoms with van der Waals surface area (Å²) < 4.78 is 39.3. The van der Waals surface area contributed by atoms with E-state index >= 15 is 0 Å². The molecule has 10 heteroatoms. The largest absolute Gasteiger partial charge is 0.272 e. The first kappa shape index (κ1) is 13.0. The van der Waals surface area contributed by atoms with Gasteiger partial charge in [-0.3, -0.25) is 19.9 Å². The standard InChI is InChI=1S/C9H7FN4O4S/c10-7-5-6(14(15)16)1-2-8(7)19(17,18)13-9-3-4-11-12-9/h1-5H,(H2,11,12,13). The Morgan fingerprint density at radius 3 is 2.63 bits per heavy atom. The number of nitro benzene ring substituents is 1. The Labute approximate surface area is 106 Å². The van der Waals surface area contributed by atoms with Crippen molar-refractivity contribution in [3.05, 3.63) is 46.4 Å².